The van der Waals surface area contributed by atoms with Gasteiger partial charge in [-0.05, 0) is 5.56 Å². The van der Waals surface area contributed by atoms with Crippen molar-refractivity contribution < 1.29 is 46.8 Å². The Morgan fingerprint density at radius 2 is 1.83 bits per heavy atom. The first-order chi connectivity index (χ1) is 16.4. The highest BCUT2D eigenvalue weighted by Gasteiger charge is 2.45. The summed E-state index contributed by atoms with van der Waals surface area (Å²) >= 11 is 0. The van der Waals surface area contributed by atoms with Crippen LogP contribution in [0.4, 0.5) is 17.6 Å². The molecule has 0 bridgehead atoms. The summed E-state index contributed by atoms with van der Waals surface area (Å²) in [6.45, 7) is -0.804. The minimum Gasteiger partial charge on any atom is -0.461 e. The zero-order valence-corrected chi connectivity index (χ0v) is 17.6. The molecule has 11 nitrogen and oxygen atoms in total. The summed E-state index contributed by atoms with van der Waals surface area (Å²) in [4.78, 5) is 48.6. The number of halogens is 4. The highest BCUT2D eigenvalue weighted by Crippen LogP contribution is 2.28. The van der Waals surface area contributed by atoms with Gasteiger partial charge < -0.3 is 25.0 Å². The molecule has 0 aliphatic carbocycles. The van der Waals surface area contributed by atoms with Gasteiger partial charge in [-0.25, -0.2) is 9.59 Å². The number of benzene rings is 1. The Morgan fingerprint density at radius 3 is 2.46 bits per heavy atom. The van der Waals surface area contributed by atoms with Crippen LogP contribution in [-0.4, -0.2) is 68.8 Å². The van der Waals surface area contributed by atoms with Crippen LogP contribution in [0.2, 0.25) is 0 Å². The Bertz CT molecular complexity index is 1180. The number of aliphatic hydroxyl groups excluding tert-OH is 2. The Balaban J connectivity index is 1.71. The van der Waals surface area contributed by atoms with E-state index in [1.54, 1.807) is 28.5 Å². The van der Waals surface area contributed by atoms with Crippen molar-refractivity contribution in [2.75, 3.05) is 6.61 Å². The van der Waals surface area contributed by atoms with E-state index in [4.69, 9.17) is 9.47 Å². The third-order valence-electron chi connectivity index (χ3n) is 5.06. The largest absolute Gasteiger partial charge is 0.471 e. The summed E-state index contributed by atoms with van der Waals surface area (Å²) in [6.07, 6.45) is -11.9. The van der Waals surface area contributed by atoms with E-state index >= 15 is 0 Å². The molecular formula is C20H19F4N3O8. The smallest absolute Gasteiger partial charge is 0.461 e. The van der Waals surface area contributed by atoms with Crippen LogP contribution < -0.4 is 16.6 Å². The topological polar surface area (TPSA) is 160 Å². The minimum absolute atomic E-state index is 0.354. The number of carbonyl (C=O) groups excluding carboxylic acids is 2. The molecule has 1 aliphatic rings. The van der Waals surface area contributed by atoms with Crippen molar-refractivity contribution >= 4 is 11.9 Å². The number of H-pyrrole nitrogens is 1. The van der Waals surface area contributed by atoms with Crippen LogP contribution in [0.5, 0.6) is 0 Å². The van der Waals surface area contributed by atoms with E-state index in [0.717, 1.165) is 0 Å². The van der Waals surface area contributed by atoms with Gasteiger partial charge >= 0.3 is 23.7 Å². The number of alkyl halides is 3. The molecule has 35 heavy (non-hydrogen) atoms. The van der Waals surface area contributed by atoms with Gasteiger partial charge in [-0.3, -0.25) is 19.1 Å². The Labute approximate surface area is 192 Å². The second kappa shape index (κ2) is 10.4. The van der Waals surface area contributed by atoms with Crippen molar-refractivity contribution in [1.29, 1.82) is 0 Å². The molecule has 190 valence electrons. The van der Waals surface area contributed by atoms with Crippen molar-refractivity contribution in [3.63, 3.8) is 0 Å². The second-order valence-corrected chi connectivity index (χ2v) is 7.53. The number of aliphatic hydroxyl groups is 2. The van der Waals surface area contributed by atoms with E-state index in [1.807, 2.05) is 0 Å². The molecule has 1 aliphatic heterocycles. The van der Waals surface area contributed by atoms with Crippen molar-refractivity contribution in [2.45, 2.75) is 43.2 Å². The van der Waals surface area contributed by atoms with Gasteiger partial charge in [0, 0.05) is 6.42 Å². The van der Waals surface area contributed by atoms with E-state index in [9.17, 15) is 47.0 Å². The molecule has 0 radical (unpaired) electrons. The Morgan fingerprint density at radius 1 is 1.17 bits per heavy atom. The summed E-state index contributed by atoms with van der Waals surface area (Å²) < 4.78 is 62.3. The van der Waals surface area contributed by atoms with Gasteiger partial charge in [0.1, 0.15) is 31.0 Å². The molecular weight excluding hydrogens is 486 g/mol. The Hall–Kier alpha value is -3.56. The van der Waals surface area contributed by atoms with Gasteiger partial charge in [0.2, 0.25) is 5.82 Å². The molecule has 1 unspecified atom stereocenters. The highest BCUT2D eigenvalue weighted by atomic mass is 19.4. The Kier molecular flexibility index (Phi) is 7.72. The van der Waals surface area contributed by atoms with Gasteiger partial charge in [0.25, 0.3) is 5.56 Å². The molecule has 15 heteroatoms. The first-order valence-corrected chi connectivity index (χ1v) is 9.99. The number of esters is 1. The van der Waals surface area contributed by atoms with Crippen LogP contribution in [0.3, 0.4) is 0 Å². The molecule has 1 aromatic carbocycles. The van der Waals surface area contributed by atoms with E-state index in [-0.39, 0.29) is 6.42 Å². The highest BCUT2D eigenvalue weighted by molar-refractivity contribution is 5.87. The summed E-state index contributed by atoms with van der Waals surface area (Å²) in [6, 6.07) is 6.01. The molecule has 1 fully saturated rings. The predicted molar refractivity (Wildman–Crippen MR) is 106 cm³/mol. The predicted octanol–water partition coefficient (Wildman–Crippen LogP) is -0.872. The molecule has 1 saturated heterocycles. The average molecular weight is 505 g/mol. The zero-order chi connectivity index (χ0) is 25.9. The molecule has 0 saturated carbocycles. The number of rotatable bonds is 7. The summed E-state index contributed by atoms with van der Waals surface area (Å²) in [5, 5.41) is 21.9. The number of hydrogen-bond acceptors (Lipinski definition) is 8. The third kappa shape index (κ3) is 6.12. The molecule has 4 N–H and O–H groups in total. The lowest BCUT2D eigenvalue weighted by Crippen LogP contribution is -2.49. The van der Waals surface area contributed by atoms with Crippen molar-refractivity contribution in [3.05, 3.63) is 68.7 Å². The maximum Gasteiger partial charge on any atom is 0.471 e. The van der Waals surface area contributed by atoms with Crippen LogP contribution in [0.25, 0.3) is 0 Å². The number of aromatic amines is 1. The zero-order valence-electron chi connectivity index (χ0n) is 17.6. The van der Waals surface area contributed by atoms with E-state index in [1.165, 1.54) is 12.1 Å². The van der Waals surface area contributed by atoms with Crippen molar-refractivity contribution in [1.82, 2.24) is 14.9 Å². The number of amides is 1. The van der Waals surface area contributed by atoms with E-state index < -0.39 is 72.3 Å². The SMILES string of the molecule is O=C(OC[C@H]1O[C@@H](n2cc(F)c(=O)[nH]c2=O)[C@H](O)[C@@H]1O)C(Cc1ccccc1)NC(=O)C(F)(F)F. The fraction of sp³-hybridized carbons (Fsp3) is 0.400. The normalized spacial score (nSPS) is 23.0. The van der Waals surface area contributed by atoms with E-state index in [2.05, 4.69) is 0 Å². The van der Waals surface area contributed by atoms with Gasteiger partial charge in [-0.1, -0.05) is 30.3 Å². The molecule has 3 rings (SSSR count). The van der Waals surface area contributed by atoms with Gasteiger partial charge in [-0.15, -0.1) is 0 Å². The quantitative estimate of drug-likeness (QED) is 0.279. The van der Waals surface area contributed by atoms with Crippen LogP contribution in [0, 0.1) is 5.82 Å². The van der Waals surface area contributed by atoms with Crippen LogP contribution in [0.15, 0.2) is 46.1 Å². The lowest BCUT2D eigenvalue weighted by Gasteiger charge is -2.20. The standard InChI is InChI=1S/C20H19F4N3O8/c21-10-7-27(19(33)26-15(10)30)16-14(29)13(28)12(35-16)8-34-17(31)11(25-18(32)20(22,23)24)6-9-4-2-1-3-5-9/h1-5,7,11-14,16,28-29H,6,8H2,(H,25,32)(H,26,30,33)/t11?,12-,13-,14-,16-/m1/s1. The van der Waals surface area contributed by atoms with Crippen LogP contribution in [0.1, 0.15) is 11.8 Å². The number of nitrogens with one attached hydrogen (secondary N) is 2. The van der Waals surface area contributed by atoms with Crippen molar-refractivity contribution in [2.24, 2.45) is 0 Å². The number of ether oxygens (including phenoxy) is 2. The molecule has 1 aromatic heterocycles. The molecule has 1 amide bonds. The van der Waals surface area contributed by atoms with Gasteiger partial charge in [-0.2, -0.15) is 17.6 Å². The fourth-order valence-electron chi connectivity index (χ4n) is 3.29. The lowest BCUT2D eigenvalue weighted by molar-refractivity contribution is -0.176. The number of hydrogen-bond donors (Lipinski definition) is 4. The molecule has 5 atom stereocenters. The second-order valence-electron chi connectivity index (χ2n) is 7.53. The molecule has 0 spiro atoms. The maximum atomic E-state index is 13.6. The van der Waals surface area contributed by atoms with Crippen molar-refractivity contribution in [3.8, 4) is 0 Å². The van der Waals surface area contributed by atoms with Gasteiger partial charge in [0.05, 0.1) is 6.20 Å². The molecule has 2 aromatic rings. The number of aromatic nitrogens is 2. The average Bonchev–Trinajstić information content (AvgIpc) is 3.07. The van der Waals surface area contributed by atoms with E-state index in [0.29, 0.717) is 16.3 Å². The number of nitrogens with zero attached hydrogens (tertiary/aromatic N) is 1. The maximum absolute atomic E-state index is 13.6. The monoisotopic (exact) mass is 505 g/mol. The summed E-state index contributed by atoms with van der Waals surface area (Å²) in [5.74, 6) is -5.05. The summed E-state index contributed by atoms with van der Waals surface area (Å²) in [5.41, 5.74) is -2.08. The van der Waals surface area contributed by atoms with Crippen LogP contribution in [-0.2, 0) is 25.5 Å². The first kappa shape index (κ1) is 26.1. The first-order valence-electron chi connectivity index (χ1n) is 9.99. The number of carbonyl (C=O) groups is 2. The fourth-order valence-corrected chi connectivity index (χ4v) is 3.29. The van der Waals surface area contributed by atoms with Crippen LogP contribution >= 0.6 is 0 Å². The third-order valence-corrected chi connectivity index (χ3v) is 5.06. The lowest BCUT2D eigenvalue weighted by atomic mass is 10.1. The minimum atomic E-state index is -5.27. The summed E-state index contributed by atoms with van der Waals surface area (Å²) in [7, 11) is 0. The molecule has 2 heterocycles. The van der Waals surface area contributed by atoms with Gasteiger partial charge in [0.15, 0.2) is 6.23 Å².